The van der Waals surface area contributed by atoms with Crippen molar-refractivity contribution in [1.29, 1.82) is 0 Å². The Morgan fingerprint density at radius 1 is 0.141 bits per heavy atom. The maximum Gasteiger partial charge on any atom is 0.164 e. The zero-order valence-corrected chi connectivity index (χ0v) is 69.9. The molecule has 128 heavy (non-hydrogen) atoms. The topological polar surface area (TPSA) is 207 Å². The van der Waals surface area contributed by atoms with Crippen LogP contribution in [0.2, 0.25) is 0 Å². The highest BCUT2D eigenvalue weighted by Gasteiger charge is 2.23. The van der Waals surface area contributed by atoms with E-state index in [1.807, 2.05) is 258 Å². The molecule has 0 aliphatic heterocycles. The lowest BCUT2D eigenvalue weighted by atomic mass is 9.96. The minimum Gasteiger partial charge on any atom is -0.456 e. The van der Waals surface area contributed by atoms with E-state index in [1.54, 1.807) is 0 Å². The number of fused-ring (bicyclic) bond motifs is 12. The normalized spacial score (nSPS) is 11.3. The smallest absolute Gasteiger partial charge is 0.164 e. The van der Waals surface area contributed by atoms with Gasteiger partial charge in [0.15, 0.2) is 46.6 Å². The molecule has 0 aliphatic carbocycles. The minimum atomic E-state index is 0.635. The third-order valence-electron chi connectivity index (χ3n) is 22.5. The summed E-state index contributed by atoms with van der Waals surface area (Å²) in [6.07, 6.45) is 0. The molecule has 0 saturated heterocycles. The monoisotopic (exact) mass is 1650 g/mol. The Kier molecular flexibility index (Phi) is 20.9. The van der Waals surface area contributed by atoms with Crippen molar-refractivity contribution in [2.75, 3.05) is 0 Å². The molecule has 0 saturated carbocycles. The fourth-order valence-corrected chi connectivity index (χ4v) is 16.6. The SMILES string of the molecule is Cc1nc(-c2cc(-c3ccccc3)cc(-c3ccccc3)c2)nc(-c2cccc3oc4ccccc4c23)n1.Cc1nc(-c2ccc(-c3ccccc3)cc2)nc(-c2cccc3oc4ccccc4c23)n1.Cc1nc(-c2cccc(-c3ccccc3)c2)nc(-c2cccc3oc4ccccc4c23)n1.Cc1nc(-c2ccccc2)nc(-c2cccc3oc4ccccc4c23)n1. The van der Waals surface area contributed by atoms with Gasteiger partial charge in [0.05, 0.1) is 0 Å². The van der Waals surface area contributed by atoms with Crippen molar-refractivity contribution in [2.45, 2.75) is 27.7 Å². The highest BCUT2D eigenvalue weighted by molar-refractivity contribution is 6.15. The maximum atomic E-state index is 6.12. The highest BCUT2D eigenvalue weighted by Crippen LogP contribution is 2.43. The van der Waals surface area contributed by atoms with Gasteiger partial charge in [-0.1, -0.05) is 315 Å². The van der Waals surface area contributed by atoms with E-state index in [4.69, 9.17) is 47.6 Å². The standard InChI is InChI=1S/C34H23N3O.2C28H19N3O.C22H15N3O/c1-22-35-33(37-34(36-22)29-16-10-18-31-32(29)28-15-8-9-17-30(28)38-31)27-20-25(23-11-4-2-5-12-23)19-26(21-27)24-13-6-3-7-14-24;1-18-29-27(21-12-7-11-20(17-21)19-9-3-2-4-10-19)31-28(30-18)23-14-8-16-25-26(23)22-13-5-6-15-24(22)32-25;1-18-29-27(21-16-14-20(15-17-21)19-8-3-2-4-9-19)31-28(30-18)23-11-7-13-25-26(23)22-10-5-6-12-24(22)32-25;1-14-23-21(15-8-3-2-4-9-15)25-22(24-14)17-11-7-13-19-20(17)16-10-5-6-12-18(16)26-19/h2-21H,1H3;2*2-17H,1H3;2-13H,1H3. The summed E-state index contributed by atoms with van der Waals surface area (Å²) in [7, 11) is 0. The molecule has 0 radical (unpaired) electrons. The van der Waals surface area contributed by atoms with Crippen molar-refractivity contribution in [3.63, 3.8) is 0 Å². The van der Waals surface area contributed by atoms with Crippen LogP contribution in [0.4, 0.5) is 0 Å². The van der Waals surface area contributed by atoms with E-state index in [9.17, 15) is 0 Å². The Balaban J connectivity index is 0.000000105. The quantitative estimate of drug-likeness (QED) is 0.111. The van der Waals surface area contributed by atoms with Gasteiger partial charge in [-0.2, -0.15) is 0 Å². The van der Waals surface area contributed by atoms with Gasteiger partial charge < -0.3 is 17.7 Å². The van der Waals surface area contributed by atoms with Gasteiger partial charge in [0, 0.05) is 87.6 Å². The molecule has 16 heteroatoms. The fraction of sp³-hybridized carbons (Fsp3) is 0.0357. The van der Waals surface area contributed by atoms with E-state index in [0.717, 1.165) is 171 Å². The summed E-state index contributed by atoms with van der Waals surface area (Å²) in [6.45, 7) is 7.62. The number of hydrogen-bond acceptors (Lipinski definition) is 16. The van der Waals surface area contributed by atoms with Gasteiger partial charge in [-0.25, -0.2) is 59.8 Å². The Morgan fingerprint density at radius 2 is 0.344 bits per heavy atom. The van der Waals surface area contributed by atoms with Gasteiger partial charge in [0.25, 0.3) is 0 Å². The van der Waals surface area contributed by atoms with Crippen molar-refractivity contribution >= 4 is 87.8 Å². The zero-order chi connectivity index (χ0) is 86.0. The molecule has 0 amide bonds. The van der Waals surface area contributed by atoms with Gasteiger partial charge in [0.1, 0.15) is 68.0 Å². The first-order valence-corrected chi connectivity index (χ1v) is 42.2. The molecule has 0 aliphatic rings. The number of nitrogens with zero attached hydrogens (tertiary/aromatic N) is 12. The largest absolute Gasteiger partial charge is 0.456 e. The summed E-state index contributed by atoms with van der Waals surface area (Å²) in [5.74, 6) is 7.97. The van der Waals surface area contributed by atoms with E-state index < -0.39 is 0 Å². The van der Waals surface area contributed by atoms with Crippen molar-refractivity contribution in [3.8, 4) is 136 Å². The number of furan rings is 4. The molecule has 16 aromatic carbocycles. The Labute approximate surface area is 735 Å². The summed E-state index contributed by atoms with van der Waals surface area (Å²) in [5.41, 5.74) is 23.5. The summed E-state index contributed by atoms with van der Waals surface area (Å²) >= 11 is 0. The molecular weight excluding hydrogens is 1580 g/mol. The van der Waals surface area contributed by atoms with Crippen LogP contribution in [0.5, 0.6) is 0 Å². The molecule has 0 fully saturated rings. The van der Waals surface area contributed by atoms with Crippen LogP contribution in [-0.2, 0) is 0 Å². The van der Waals surface area contributed by atoms with E-state index >= 15 is 0 Å². The van der Waals surface area contributed by atoms with Crippen LogP contribution in [0.15, 0.2) is 406 Å². The van der Waals surface area contributed by atoms with E-state index in [2.05, 4.69) is 188 Å². The first-order chi connectivity index (χ1) is 63.0. The predicted molar refractivity (Wildman–Crippen MR) is 513 cm³/mol. The van der Waals surface area contributed by atoms with Crippen molar-refractivity contribution in [1.82, 2.24) is 59.8 Å². The average Bonchev–Trinajstić information content (AvgIpc) is 1.60. The minimum absolute atomic E-state index is 0.635. The van der Waals surface area contributed by atoms with Crippen LogP contribution in [0.3, 0.4) is 0 Å². The summed E-state index contributed by atoms with van der Waals surface area (Å²) in [4.78, 5) is 56.8. The highest BCUT2D eigenvalue weighted by atomic mass is 16.3. The Bertz CT molecular complexity index is 8190. The lowest BCUT2D eigenvalue weighted by Crippen LogP contribution is -2.00. The number of aryl methyl sites for hydroxylation is 4. The first-order valence-electron chi connectivity index (χ1n) is 42.2. The number of benzene rings is 16. The third-order valence-corrected chi connectivity index (χ3v) is 22.5. The van der Waals surface area contributed by atoms with Crippen LogP contribution in [-0.4, -0.2) is 59.8 Å². The molecule has 0 spiro atoms. The second-order valence-corrected chi connectivity index (χ2v) is 31.0. The molecule has 24 rings (SSSR count). The molecule has 608 valence electrons. The van der Waals surface area contributed by atoms with Gasteiger partial charge in [-0.15, -0.1) is 0 Å². The second kappa shape index (κ2) is 34.2. The van der Waals surface area contributed by atoms with Crippen molar-refractivity contribution in [3.05, 3.63) is 412 Å². The summed E-state index contributed by atoms with van der Waals surface area (Å²) < 4.78 is 24.2. The van der Waals surface area contributed by atoms with Gasteiger partial charge in [-0.05, 0) is 145 Å². The number of hydrogen-bond donors (Lipinski definition) is 0. The van der Waals surface area contributed by atoms with Crippen LogP contribution >= 0.6 is 0 Å². The van der Waals surface area contributed by atoms with Gasteiger partial charge >= 0.3 is 0 Å². The Hall–Kier alpha value is -17.2. The first kappa shape index (κ1) is 78.0. The summed E-state index contributed by atoms with van der Waals surface area (Å²) in [5, 5.41) is 8.34. The van der Waals surface area contributed by atoms with Gasteiger partial charge in [-0.3, -0.25) is 0 Å². The van der Waals surface area contributed by atoms with Crippen LogP contribution in [0.1, 0.15) is 23.3 Å². The molecule has 0 unspecified atom stereocenters. The van der Waals surface area contributed by atoms with Crippen LogP contribution < -0.4 is 0 Å². The molecule has 16 nitrogen and oxygen atoms in total. The molecule has 0 atom stereocenters. The summed E-state index contributed by atoms with van der Waals surface area (Å²) in [6, 6.07) is 131. The number of rotatable bonds is 12. The van der Waals surface area contributed by atoms with E-state index in [-0.39, 0.29) is 0 Å². The van der Waals surface area contributed by atoms with Crippen LogP contribution in [0.25, 0.3) is 223 Å². The van der Waals surface area contributed by atoms with E-state index in [1.165, 1.54) is 5.56 Å². The molecule has 8 heterocycles. The lowest BCUT2D eigenvalue weighted by Gasteiger charge is -2.12. The molecule has 0 bridgehead atoms. The van der Waals surface area contributed by atoms with Crippen molar-refractivity contribution < 1.29 is 17.7 Å². The number of para-hydroxylation sites is 4. The number of aromatic nitrogens is 12. The molecule has 24 aromatic rings. The maximum absolute atomic E-state index is 6.12. The van der Waals surface area contributed by atoms with Crippen molar-refractivity contribution in [2.24, 2.45) is 0 Å². The average molecular weight is 1650 g/mol. The van der Waals surface area contributed by atoms with Crippen LogP contribution in [0, 0.1) is 27.7 Å². The second-order valence-electron chi connectivity index (χ2n) is 31.0. The van der Waals surface area contributed by atoms with E-state index in [0.29, 0.717) is 69.9 Å². The Morgan fingerprint density at radius 3 is 0.680 bits per heavy atom. The van der Waals surface area contributed by atoms with Gasteiger partial charge in [0.2, 0.25) is 0 Å². The lowest BCUT2D eigenvalue weighted by molar-refractivity contribution is 0.668. The molecule has 8 aromatic heterocycles. The fourth-order valence-electron chi connectivity index (χ4n) is 16.6. The molecule has 0 N–H and O–H groups in total. The zero-order valence-electron chi connectivity index (χ0n) is 69.9. The molecular formula is C112H76N12O4. The predicted octanol–water partition coefficient (Wildman–Crippen LogP) is 28.3. The third kappa shape index (κ3) is 15.8.